The van der Waals surface area contributed by atoms with Crippen molar-refractivity contribution in [2.75, 3.05) is 31.2 Å². The summed E-state index contributed by atoms with van der Waals surface area (Å²) in [6, 6.07) is 10.5. The quantitative estimate of drug-likeness (QED) is 0.269. The summed E-state index contributed by atoms with van der Waals surface area (Å²) in [5.41, 5.74) is 4.67. The van der Waals surface area contributed by atoms with Crippen molar-refractivity contribution >= 4 is 33.1 Å². The fraction of sp³-hybridized carbons (Fsp3) is 0.235. The van der Waals surface area contributed by atoms with Gasteiger partial charge in [0.15, 0.2) is 5.84 Å². The van der Waals surface area contributed by atoms with Gasteiger partial charge in [-0.2, -0.15) is 0 Å². The Kier molecular flexibility index (Phi) is 5.42. The van der Waals surface area contributed by atoms with E-state index in [1.807, 2.05) is 24.3 Å². The first-order valence-electron chi connectivity index (χ1n) is 7.78. The van der Waals surface area contributed by atoms with Crippen LogP contribution in [0.1, 0.15) is 5.56 Å². The zero-order valence-corrected chi connectivity index (χ0v) is 15.0. The fourth-order valence-electron chi connectivity index (χ4n) is 2.60. The van der Waals surface area contributed by atoms with E-state index in [0.29, 0.717) is 15.7 Å². The van der Waals surface area contributed by atoms with E-state index in [-0.39, 0.29) is 17.3 Å². The number of rotatable bonds is 3. The molecular weight excluding hydrogens is 388 g/mol. The lowest BCUT2D eigenvalue weighted by atomic mass is 10.1. The molecule has 0 saturated carbocycles. The molecule has 0 unspecified atom stereocenters. The van der Waals surface area contributed by atoms with Crippen LogP contribution in [0.3, 0.4) is 0 Å². The van der Waals surface area contributed by atoms with E-state index in [1.165, 1.54) is 6.07 Å². The van der Waals surface area contributed by atoms with E-state index in [0.717, 1.165) is 32.0 Å². The number of benzene rings is 2. The minimum atomic E-state index is -0.123. The molecule has 1 heterocycles. The van der Waals surface area contributed by atoms with Crippen LogP contribution in [0, 0.1) is 0 Å². The number of nitrogens with two attached hydrogens (primary N) is 1. The highest BCUT2D eigenvalue weighted by Gasteiger charge is 2.13. The molecule has 0 radical (unpaired) electrons. The second-order valence-corrected chi connectivity index (χ2v) is 6.40. The molecule has 0 spiro atoms. The van der Waals surface area contributed by atoms with E-state index in [1.54, 1.807) is 6.07 Å². The van der Waals surface area contributed by atoms with Gasteiger partial charge in [-0.05, 0) is 46.3 Å². The van der Waals surface area contributed by atoms with Gasteiger partial charge in [-0.25, -0.2) is 10.8 Å². The summed E-state index contributed by atoms with van der Waals surface area (Å²) in [5, 5.41) is 19.6. The number of anilines is 1. The average molecular weight is 407 g/mol. The molecular formula is C17H19BrN4O3. The van der Waals surface area contributed by atoms with Crippen molar-refractivity contribution in [2.45, 2.75) is 0 Å². The molecule has 0 aliphatic carbocycles. The second-order valence-electron chi connectivity index (χ2n) is 5.54. The number of amidine groups is 1. The smallest absolute Gasteiger partial charge is 0.151 e. The largest absolute Gasteiger partial charge is 0.507 e. The van der Waals surface area contributed by atoms with Crippen molar-refractivity contribution in [3.05, 3.63) is 46.4 Å². The summed E-state index contributed by atoms with van der Waals surface area (Å²) in [5.74, 6) is 5.67. The second kappa shape index (κ2) is 7.73. The highest BCUT2D eigenvalue weighted by Crippen LogP contribution is 2.32. The zero-order chi connectivity index (χ0) is 17.8. The fourth-order valence-corrected chi connectivity index (χ4v) is 2.94. The van der Waals surface area contributed by atoms with Crippen molar-refractivity contribution in [2.24, 2.45) is 10.8 Å². The highest BCUT2D eigenvalue weighted by atomic mass is 79.9. The molecule has 0 bridgehead atoms. The molecule has 2 aromatic carbocycles. The number of morpholine rings is 1. The van der Waals surface area contributed by atoms with Crippen molar-refractivity contribution in [3.63, 3.8) is 0 Å². The minimum Gasteiger partial charge on any atom is -0.507 e. The molecule has 0 amide bonds. The molecule has 1 fully saturated rings. The first kappa shape index (κ1) is 17.5. The van der Waals surface area contributed by atoms with Crippen LogP contribution >= 0.6 is 15.9 Å². The Morgan fingerprint density at radius 1 is 1.12 bits per heavy atom. The maximum Gasteiger partial charge on any atom is 0.151 e. The number of aliphatic imine (C=N–C) groups is 1. The summed E-state index contributed by atoms with van der Waals surface area (Å²) in [4.78, 5) is 6.69. The van der Waals surface area contributed by atoms with Crippen molar-refractivity contribution < 1.29 is 14.9 Å². The summed E-state index contributed by atoms with van der Waals surface area (Å²) in [6.45, 7) is 3.20. The predicted molar refractivity (Wildman–Crippen MR) is 100 cm³/mol. The van der Waals surface area contributed by atoms with Crippen molar-refractivity contribution in [3.8, 4) is 11.5 Å². The van der Waals surface area contributed by atoms with Gasteiger partial charge in [-0.1, -0.05) is 0 Å². The van der Waals surface area contributed by atoms with Crippen LogP contribution in [0.5, 0.6) is 11.5 Å². The third kappa shape index (κ3) is 4.04. The van der Waals surface area contributed by atoms with Crippen LogP contribution in [0.25, 0.3) is 0 Å². The summed E-state index contributed by atoms with van der Waals surface area (Å²) in [6.07, 6.45) is 0. The third-order valence-corrected chi connectivity index (χ3v) is 4.56. The number of phenolic OH excluding ortho intramolecular Hbond substituents is 2. The SMILES string of the molecule is NNC(=Nc1ccc(N2CCOCC2)cc1)c1cc(Br)c(O)cc1O. The number of hydrazine groups is 1. The predicted octanol–water partition coefficient (Wildman–Crippen LogP) is 2.24. The lowest BCUT2D eigenvalue weighted by Crippen LogP contribution is -2.36. The summed E-state index contributed by atoms with van der Waals surface area (Å²) < 4.78 is 5.80. The van der Waals surface area contributed by atoms with Crippen LogP contribution in [0.4, 0.5) is 11.4 Å². The van der Waals surface area contributed by atoms with Crippen LogP contribution in [0.15, 0.2) is 45.9 Å². The maximum atomic E-state index is 10.0. The van der Waals surface area contributed by atoms with Gasteiger partial charge >= 0.3 is 0 Å². The molecule has 8 heteroatoms. The van der Waals surface area contributed by atoms with E-state index in [2.05, 4.69) is 31.2 Å². The Morgan fingerprint density at radius 3 is 2.44 bits per heavy atom. The molecule has 132 valence electrons. The number of aromatic hydroxyl groups is 2. The highest BCUT2D eigenvalue weighted by molar-refractivity contribution is 9.10. The lowest BCUT2D eigenvalue weighted by Gasteiger charge is -2.28. The Balaban J connectivity index is 1.86. The Bertz CT molecular complexity index is 774. The molecule has 0 aromatic heterocycles. The number of ether oxygens (including phenoxy) is 1. The normalized spacial score (nSPS) is 15.3. The number of nitrogens with zero attached hydrogens (tertiary/aromatic N) is 2. The van der Waals surface area contributed by atoms with Crippen molar-refractivity contribution in [1.29, 1.82) is 0 Å². The number of halogens is 1. The molecule has 1 aliphatic rings. The molecule has 3 rings (SSSR count). The van der Waals surface area contributed by atoms with Crippen LogP contribution in [0.2, 0.25) is 0 Å². The topological polar surface area (TPSA) is 103 Å². The molecule has 2 aromatic rings. The molecule has 5 N–H and O–H groups in total. The van der Waals surface area contributed by atoms with Gasteiger partial charge in [0.25, 0.3) is 0 Å². The molecule has 25 heavy (non-hydrogen) atoms. The van der Waals surface area contributed by atoms with E-state index in [4.69, 9.17) is 10.6 Å². The summed E-state index contributed by atoms with van der Waals surface area (Å²) >= 11 is 3.22. The van der Waals surface area contributed by atoms with Gasteiger partial charge in [0, 0.05) is 24.8 Å². The Morgan fingerprint density at radius 2 is 1.80 bits per heavy atom. The van der Waals surface area contributed by atoms with Crippen LogP contribution < -0.4 is 16.2 Å². The van der Waals surface area contributed by atoms with Gasteiger partial charge in [-0.3, -0.25) is 0 Å². The third-order valence-electron chi connectivity index (χ3n) is 3.92. The van der Waals surface area contributed by atoms with E-state index in [9.17, 15) is 10.2 Å². The van der Waals surface area contributed by atoms with Gasteiger partial charge in [0.1, 0.15) is 11.5 Å². The molecule has 0 atom stereocenters. The summed E-state index contributed by atoms with van der Waals surface area (Å²) in [7, 11) is 0. The Labute approximate surface area is 153 Å². The van der Waals surface area contributed by atoms with Crippen LogP contribution in [-0.4, -0.2) is 42.4 Å². The lowest BCUT2D eigenvalue weighted by molar-refractivity contribution is 0.122. The average Bonchev–Trinajstić information content (AvgIpc) is 2.64. The standard InChI is InChI=1S/C17H19BrN4O3/c18-14-9-13(15(23)10-16(14)24)17(21-19)20-11-1-3-12(4-2-11)22-5-7-25-8-6-22/h1-4,9-10,23-24H,5-8,19H2,(H,20,21). The maximum absolute atomic E-state index is 10.0. The van der Waals surface area contributed by atoms with Crippen molar-refractivity contribution in [1.82, 2.24) is 5.43 Å². The first-order valence-corrected chi connectivity index (χ1v) is 8.57. The van der Waals surface area contributed by atoms with Gasteiger partial charge < -0.3 is 25.3 Å². The minimum absolute atomic E-state index is 0.0625. The number of hydrogen-bond acceptors (Lipinski definition) is 6. The monoisotopic (exact) mass is 406 g/mol. The van der Waals surface area contributed by atoms with Crippen LogP contribution in [-0.2, 0) is 4.74 Å². The molecule has 7 nitrogen and oxygen atoms in total. The van der Waals surface area contributed by atoms with Gasteiger partial charge in [-0.15, -0.1) is 0 Å². The number of hydrogen-bond donors (Lipinski definition) is 4. The van der Waals surface area contributed by atoms with Gasteiger partial charge in [0.05, 0.1) is 28.9 Å². The van der Waals surface area contributed by atoms with E-state index < -0.39 is 0 Å². The Hall–Kier alpha value is -2.29. The molecule has 1 saturated heterocycles. The number of nitrogens with one attached hydrogen (secondary N) is 1. The van der Waals surface area contributed by atoms with Gasteiger partial charge in [0.2, 0.25) is 0 Å². The number of phenols is 2. The zero-order valence-electron chi connectivity index (χ0n) is 13.4. The first-order chi connectivity index (χ1) is 12.1. The van der Waals surface area contributed by atoms with E-state index >= 15 is 0 Å². The molecule has 1 aliphatic heterocycles.